The summed E-state index contributed by atoms with van der Waals surface area (Å²) in [5.74, 6) is -1.47. The molecule has 1 rings (SSSR count). The van der Waals surface area contributed by atoms with E-state index in [4.69, 9.17) is 0 Å². The summed E-state index contributed by atoms with van der Waals surface area (Å²) in [7, 11) is 0. The number of nitrogens with one attached hydrogen (secondary N) is 2. The predicted molar refractivity (Wildman–Crippen MR) is 83.3 cm³/mol. The van der Waals surface area contributed by atoms with Gasteiger partial charge in [0.1, 0.15) is 5.70 Å². The number of allylic oxidation sites excluding steroid dienone is 2. The van der Waals surface area contributed by atoms with Crippen LogP contribution in [-0.2, 0) is 4.79 Å². The maximum absolute atomic E-state index is 12.9. The zero-order valence-corrected chi connectivity index (χ0v) is 14.3. The Hall–Kier alpha value is -1.83. The fraction of sp³-hybridized carbons (Fsp3) is 0.333. The van der Waals surface area contributed by atoms with Crippen molar-refractivity contribution in [1.82, 2.24) is 10.9 Å². The number of carbonyl (C=O) groups excluding carboxylic acids is 2. The van der Waals surface area contributed by atoms with Crippen molar-refractivity contribution in [2.45, 2.75) is 26.9 Å². The van der Waals surface area contributed by atoms with Crippen LogP contribution in [0.15, 0.2) is 40.5 Å². The van der Waals surface area contributed by atoms with Gasteiger partial charge in [0, 0.05) is 21.5 Å². The number of ketones is 1. The number of hydrogen-bond donors (Lipinski definition) is 2. The van der Waals surface area contributed by atoms with Crippen LogP contribution in [0.2, 0.25) is 0 Å². The van der Waals surface area contributed by atoms with Crippen LogP contribution in [0.4, 0.5) is 13.2 Å². The van der Waals surface area contributed by atoms with E-state index in [-0.39, 0.29) is 5.56 Å². The molecule has 0 spiro atoms. The van der Waals surface area contributed by atoms with Crippen molar-refractivity contribution >= 4 is 27.6 Å². The lowest BCUT2D eigenvalue weighted by atomic mass is 9.90. The first-order chi connectivity index (χ1) is 10.4. The van der Waals surface area contributed by atoms with Gasteiger partial charge in [0.25, 0.3) is 5.91 Å². The number of halogens is 4. The van der Waals surface area contributed by atoms with E-state index in [1.165, 1.54) is 32.9 Å². The molecule has 8 heteroatoms. The van der Waals surface area contributed by atoms with Gasteiger partial charge in [0.05, 0.1) is 0 Å². The number of alkyl halides is 3. The Bertz CT molecular complexity index is 617. The molecule has 0 bridgehead atoms. The lowest BCUT2D eigenvalue weighted by Gasteiger charge is -2.18. The highest BCUT2D eigenvalue weighted by molar-refractivity contribution is 9.10. The zero-order valence-electron chi connectivity index (χ0n) is 12.7. The van der Waals surface area contributed by atoms with Crippen LogP contribution in [0.1, 0.15) is 31.1 Å². The lowest BCUT2D eigenvalue weighted by Crippen LogP contribution is -2.41. The average molecular weight is 393 g/mol. The molecule has 0 atom stereocenters. The third-order valence-corrected chi connectivity index (χ3v) is 3.27. The number of benzene rings is 1. The van der Waals surface area contributed by atoms with E-state index in [1.807, 2.05) is 5.43 Å². The van der Waals surface area contributed by atoms with Crippen LogP contribution in [0, 0.1) is 5.41 Å². The minimum Gasteiger partial charge on any atom is -0.294 e. The molecule has 0 radical (unpaired) electrons. The van der Waals surface area contributed by atoms with Crippen molar-refractivity contribution < 1.29 is 22.8 Å². The Balaban J connectivity index is 2.87. The molecule has 0 heterocycles. The van der Waals surface area contributed by atoms with Gasteiger partial charge in [-0.25, -0.2) is 0 Å². The standard InChI is InChI=1S/C15H16BrF3N2O2/c1-14(2,3)12(22)8-11(15(17,18)19)20-21-13(23)9-4-6-10(16)7-5-9/h4-8,20H,1-3H3,(H,21,23)/b11-8-. The van der Waals surface area contributed by atoms with Gasteiger partial charge in [-0.3, -0.25) is 20.4 Å². The number of rotatable bonds is 4. The Morgan fingerprint density at radius 3 is 2.00 bits per heavy atom. The van der Waals surface area contributed by atoms with Crippen LogP contribution >= 0.6 is 15.9 Å². The van der Waals surface area contributed by atoms with Crippen LogP contribution in [0.5, 0.6) is 0 Å². The third kappa shape index (κ3) is 6.05. The van der Waals surface area contributed by atoms with Crippen molar-refractivity contribution in [3.63, 3.8) is 0 Å². The molecule has 1 amide bonds. The molecule has 0 saturated heterocycles. The van der Waals surface area contributed by atoms with Gasteiger partial charge in [-0.15, -0.1) is 0 Å². The van der Waals surface area contributed by atoms with Crippen molar-refractivity contribution in [1.29, 1.82) is 0 Å². The van der Waals surface area contributed by atoms with Gasteiger partial charge in [-0.1, -0.05) is 36.7 Å². The molecule has 1 aromatic carbocycles. The number of carbonyl (C=O) groups is 2. The maximum atomic E-state index is 12.9. The van der Waals surface area contributed by atoms with E-state index >= 15 is 0 Å². The van der Waals surface area contributed by atoms with Crippen LogP contribution < -0.4 is 10.9 Å². The summed E-state index contributed by atoms with van der Waals surface area (Å²) in [4.78, 5) is 23.5. The van der Waals surface area contributed by atoms with Crippen molar-refractivity contribution in [2.24, 2.45) is 5.41 Å². The minimum atomic E-state index is -4.80. The molecule has 23 heavy (non-hydrogen) atoms. The van der Waals surface area contributed by atoms with Gasteiger partial charge in [0.2, 0.25) is 0 Å². The zero-order chi connectivity index (χ0) is 17.8. The van der Waals surface area contributed by atoms with Gasteiger partial charge < -0.3 is 0 Å². The van der Waals surface area contributed by atoms with E-state index in [9.17, 15) is 22.8 Å². The fourth-order valence-electron chi connectivity index (χ4n) is 1.33. The third-order valence-electron chi connectivity index (χ3n) is 2.74. The molecule has 126 valence electrons. The second-order valence-corrected chi connectivity index (χ2v) is 6.67. The second-order valence-electron chi connectivity index (χ2n) is 5.76. The smallest absolute Gasteiger partial charge is 0.294 e. The highest BCUT2D eigenvalue weighted by Crippen LogP contribution is 2.25. The second kappa shape index (κ2) is 7.16. The topological polar surface area (TPSA) is 58.2 Å². The molecule has 1 aromatic rings. The van der Waals surface area contributed by atoms with E-state index < -0.39 is 29.0 Å². The van der Waals surface area contributed by atoms with Gasteiger partial charge >= 0.3 is 6.18 Å². The Kier molecular flexibility index (Phi) is 5.98. The number of hydrazine groups is 1. The molecular formula is C15H16BrF3N2O2. The van der Waals surface area contributed by atoms with Crippen molar-refractivity contribution in [3.8, 4) is 0 Å². The monoisotopic (exact) mass is 392 g/mol. The fourth-order valence-corrected chi connectivity index (χ4v) is 1.60. The maximum Gasteiger partial charge on any atom is 0.432 e. The lowest BCUT2D eigenvalue weighted by molar-refractivity contribution is -0.123. The largest absolute Gasteiger partial charge is 0.432 e. The summed E-state index contributed by atoms with van der Waals surface area (Å²) in [6.07, 6.45) is -4.35. The summed E-state index contributed by atoms with van der Waals surface area (Å²) in [6.45, 7) is 4.50. The molecule has 0 unspecified atom stereocenters. The molecule has 0 aliphatic carbocycles. The molecule has 0 saturated carbocycles. The molecule has 0 aliphatic rings. The molecular weight excluding hydrogens is 377 g/mol. The van der Waals surface area contributed by atoms with Crippen molar-refractivity contribution in [2.75, 3.05) is 0 Å². The number of hydrogen-bond acceptors (Lipinski definition) is 3. The highest BCUT2D eigenvalue weighted by Gasteiger charge is 2.36. The first-order valence-electron chi connectivity index (χ1n) is 6.56. The average Bonchev–Trinajstić information content (AvgIpc) is 2.41. The highest BCUT2D eigenvalue weighted by atomic mass is 79.9. The van der Waals surface area contributed by atoms with Crippen LogP contribution in [0.25, 0.3) is 0 Å². The van der Waals surface area contributed by atoms with Gasteiger partial charge in [0.15, 0.2) is 5.78 Å². The minimum absolute atomic E-state index is 0.171. The first kappa shape index (κ1) is 19.2. The van der Waals surface area contributed by atoms with Crippen LogP contribution in [0.3, 0.4) is 0 Å². The predicted octanol–water partition coefficient (Wildman–Crippen LogP) is 3.74. The summed E-state index contributed by atoms with van der Waals surface area (Å²) in [5.41, 5.74) is 1.59. The van der Waals surface area contributed by atoms with Crippen LogP contribution in [-0.4, -0.2) is 17.9 Å². The summed E-state index contributed by atoms with van der Waals surface area (Å²) < 4.78 is 39.5. The van der Waals surface area contributed by atoms with E-state index in [0.717, 1.165) is 4.47 Å². The van der Waals surface area contributed by atoms with Gasteiger partial charge in [-0.2, -0.15) is 13.2 Å². The molecule has 2 N–H and O–H groups in total. The normalized spacial score (nSPS) is 12.7. The summed E-state index contributed by atoms with van der Waals surface area (Å²) >= 11 is 3.19. The first-order valence-corrected chi connectivity index (χ1v) is 7.36. The summed E-state index contributed by atoms with van der Waals surface area (Å²) in [6, 6.07) is 6.05. The van der Waals surface area contributed by atoms with E-state index in [0.29, 0.717) is 6.08 Å². The quantitative estimate of drug-likeness (QED) is 0.605. The molecule has 0 aliphatic heterocycles. The van der Waals surface area contributed by atoms with Gasteiger partial charge in [-0.05, 0) is 24.3 Å². The number of amides is 1. The Labute approximate surface area is 140 Å². The van der Waals surface area contributed by atoms with E-state index in [2.05, 4.69) is 15.9 Å². The van der Waals surface area contributed by atoms with Crippen molar-refractivity contribution in [3.05, 3.63) is 46.1 Å². The Morgan fingerprint density at radius 1 is 1.04 bits per heavy atom. The molecule has 4 nitrogen and oxygen atoms in total. The molecule has 0 aromatic heterocycles. The SMILES string of the molecule is CC(C)(C)C(=O)/C=C(\NNC(=O)c1ccc(Br)cc1)C(F)(F)F. The Morgan fingerprint density at radius 2 is 1.57 bits per heavy atom. The molecule has 0 fully saturated rings. The summed E-state index contributed by atoms with van der Waals surface area (Å²) in [5, 5.41) is 0. The van der Waals surface area contributed by atoms with E-state index in [1.54, 1.807) is 17.6 Å².